The highest BCUT2D eigenvalue weighted by atomic mass is 79.9. The van der Waals surface area contributed by atoms with Gasteiger partial charge in [0.2, 0.25) is 0 Å². The highest BCUT2D eigenvalue weighted by molar-refractivity contribution is 9.10. The molecule has 27 heavy (non-hydrogen) atoms. The van der Waals surface area contributed by atoms with Gasteiger partial charge in [0.05, 0.1) is 6.61 Å². The molecule has 0 heterocycles. The summed E-state index contributed by atoms with van der Waals surface area (Å²) in [5, 5.41) is 12.0. The van der Waals surface area contributed by atoms with E-state index in [0.717, 1.165) is 4.47 Å². The van der Waals surface area contributed by atoms with Crippen LogP contribution in [0, 0.1) is 11.3 Å². The smallest absolute Gasteiger partial charge is 0.308 e. The van der Waals surface area contributed by atoms with E-state index in [9.17, 15) is 14.9 Å². The van der Waals surface area contributed by atoms with E-state index in [0.29, 0.717) is 23.6 Å². The summed E-state index contributed by atoms with van der Waals surface area (Å²) in [6, 6.07) is 13.7. The molecule has 0 unspecified atom stereocenters. The molecule has 2 rings (SSSR count). The Labute approximate surface area is 165 Å². The van der Waals surface area contributed by atoms with Crippen molar-refractivity contribution in [3.63, 3.8) is 0 Å². The van der Waals surface area contributed by atoms with Crippen LogP contribution < -0.4 is 14.8 Å². The second-order valence-corrected chi connectivity index (χ2v) is 6.28. The fourth-order valence-corrected chi connectivity index (χ4v) is 2.43. The van der Waals surface area contributed by atoms with Gasteiger partial charge in [-0.2, -0.15) is 5.26 Å². The maximum absolute atomic E-state index is 12.3. The van der Waals surface area contributed by atoms with Crippen molar-refractivity contribution in [2.75, 3.05) is 11.9 Å². The first kappa shape index (κ1) is 20.2. The van der Waals surface area contributed by atoms with Crippen molar-refractivity contribution in [3.05, 3.63) is 58.1 Å². The van der Waals surface area contributed by atoms with Gasteiger partial charge in [-0.05, 0) is 55.0 Å². The molecular weight excluding hydrogens is 412 g/mol. The summed E-state index contributed by atoms with van der Waals surface area (Å²) in [5.41, 5.74) is 1.07. The Hall–Kier alpha value is -3.11. The highest BCUT2D eigenvalue weighted by Crippen LogP contribution is 2.29. The number of carbonyl (C=O) groups excluding carboxylic acids is 2. The van der Waals surface area contributed by atoms with Gasteiger partial charge in [-0.25, -0.2) is 0 Å². The van der Waals surface area contributed by atoms with E-state index in [4.69, 9.17) is 9.47 Å². The Balaban J connectivity index is 2.26. The Bertz CT molecular complexity index is 915. The third-order valence-electron chi connectivity index (χ3n) is 3.30. The van der Waals surface area contributed by atoms with Crippen LogP contribution in [-0.2, 0) is 9.59 Å². The molecule has 6 nitrogen and oxygen atoms in total. The van der Waals surface area contributed by atoms with Crippen LogP contribution in [0.2, 0.25) is 0 Å². The molecule has 2 aromatic carbocycles. The van der Waals surface area contributed by atoms with E-state index < -0.39 is 11.9 Å². The molecule has 7 heteroatoms. The molecule has 0 spiro atoms. The third-order valence-corrected chi connectivity index (χ3v) is 3.83. The topological polar surface area (TPSA) is 88.4 Å². The van der Waals surface area contributed by atoms with Crippen molar-refractivity contribution < 1.29 is 19.1 Å². The number of nitrogens with zero attached hydrogens (tertiary/aromatic N) is 1. The number of hydrogen-bond acceptors (Lipinski definition) is 5. The monoisotopic (exact) mass is 428 g/mol. The van der Waals surface area contributed by atoms with Gasteiger partial charge >= 0.3 is 5.97 Å². The maximum atomic E-state index is 12.3. The zero-order valence-electron chi connectivity index (χ0n) is 14.8. The number of anilines is 1. The lowest BCUT2D eigenvalue weighted by molar-refractivity contribution is -0.132. The standard InChI is InChI=1S/C20H17BrN2O4/c1-3-26-19-11-14(4-9-18(19)27-13(2)24)10-15(12-22)20(25)23-17-7-5-16(21)6-8-17/h4-11H,3H2,1-2H3,(H,23,25)/b15-10+. The van der Waals surface area contributed by atoms with Crippen molar-refractivity contribution in [3.8, 4) is 17.6 Å². The maximum Gasteiger partial charge on any atom is 0.308 e. The zero-order valence-corrected chi connectivity index (χ0v) is 16.4. The average Bonchev–Trinajstić information content (AvgIpc) is 2.63. The van der Waals surface area contributed by atoms with Crippen LogP contribution in [0.1, 0.15) is 19.4 Å². The quantitative estimate of drug-likeness (QED) is 0.320. The number of hydrogen-bond donors (Lipinski definition) is 1. The van der Waals surface area contributed by atoms with Crippen molar-refractivity contribution in [2.45, 2.75) is 13.8 Å². The molecule has 0 aliphatic rings. The van der Waals surface area contributed by atoms with E-state index in [2.05, 4.69) is 21.2 Å². The Morgan fingerprint density at radius 2 is 1.89 bits per heavy atom. The van der Waals surface area contributed by atoms with Gasteiger partial charge in [0.15, 0.2) is 11.5 Å². The lowest BCUT2D eigenvalue weighted by Gasteiger charge is -2.10. The lowest BCUT2D eigenvalue weighted by atomic mass is 10.1. The largest absolute Gasteiger partial charge is 0.490 e. The Morgan fingerprint density at radius 3 is 2.48 bits per heavy atom. The Morgan fingerprint density at radius 1 is 1.19 bits per heavy atom. The van der Waals surface area contributed by atoms with Gasteiger partial charge in [-0.1, -0.05) is 22.0 Å². The molecule has 0 aliphatic carbocycles. The van der Waals surface area contributed by atoms with E-state index in [1.165, 1.54) is 13.0 Å². The van der Waals surface area contributed by atoms with E-state index in [-0.39, 0.29) is 11.3 Å². The molecule has 138 valence electrons. The number of nitrogens with one attached hydrogen (secondary N) is 1. The Kier molecular flexibility index (Phi) is 7.15. The molecule has 0 aliphatic heterocycles. The minimum absolute atomic E-state index is 0.0689. The number of benzene rings is 2. The van der Waals surface area contributed by atoms with Crippen LogP contribution >= 0.6 is 15.9 Å². The fraction of sp³-hybridized carbons (Fsp3) is 0.150. The molecule has 0 atom stereocenters. The molecule has 1 amide bonds. The summed E-state index contributed by atoms with van der Waals surface area (Å²) in [4.78, 5) is 23.5. The number of rotatable bonds is 6. The minimum Gasteiger partial charge on any atom is -0.490 e. The van der Waals surface area contributed by atoms with Gasteiger partial charge in [0.25, 0.3) is 5.91 Å². The van der Waals surface area contributed by atoms with Crippen molar-refractivity contribution in [1.29, 1.82) is 5.26 Å². The predicted octanol–water partition coefficient (Wildman–Crippen LogP) is 4.32. The van der Waals surface area contributed by atoms with Gasteiger partial charge in [-0.3, -0.25) is 9.59 Å². The zero-order chi connectivity index (χ0) is 19.8. The first-order valence-corrected chi connectivity index (χ1v) is 8.86. The first-order valence-electron chi connectivity index (χ1n) is 8.07. The molecule has 0 aromatic heterocycles. The summed E-state index contributed by atoms with van der Waals surface area (Å²) in [7, 11) is 0. The predicted molar refractivity (Wildman–Crippen MR) is 105 cm³/mol. The van der Waals surface area contributed by atoms with E-state index in [1.807, 2.05) is 6.07 Å². The second-order valence-electron chi connectivity index (χ2n) is 5.36. The first-order chi connectivity index (χ1) is 12.9. The molecule has 0 saturated carbocycles. The van der Waals surface area contributed by atoms with Crippen molar-refractivity contribution in [2.24, 2.45) is 0 Å². The van der Waals surface area contributed by atoms with Crippen LogP contribution in [0.3, 0.4) is 0 Å². The van der Waals surface area contributed by atoms with Crippen LogP contribution in [-0.4, -0.2) is 18.5 Å². The van der Waals surface area contributed by atoms with Gasteiger partial charge in [0, 0.05) is 17.1 Å². The average molecular weight is 429 g/mol. The van der Waals surface area contributed by atoms with Crippen molar-refractivity contribution in [1.82, 2.24) is 0 Å². The lowest BCUT2D eigenvalue weighted by Crippen LogP contribution is -2.13. The molecule has 1 N–H and O–H groups in total. The van der Waals surface area contributed by atoms with Crippen molar-refractivity contribution >= 4 is 39.6 Å². The summed E-state index contributed by atoms with van der Waals surface area (Å²) >= 11 is 3.32. The summed E-state index contributed by atoms with van der Waals surface area (Å²) in [6.45, 7) is 3.47. The molecule has 0 fully saturated rings. The second kappa shape index (κ2) is 9.55. The SMILES string of the molecule is CCOc1cc(/C=C(\C#N)C(=O)Nc2ccc(Br)cc2)ccc1OC(C)=O. The molecule has 2 aromatic rings. The summed E-state index contributed by atoms with van der Waals surface area (Å²) in [5.74, 6) is -0.362. The number of carbonyl (C=O) groups is 2. The molecule has 0 radical (unpaired) electrons. The fourth-order valence-electron chi connectivity index (χ4n) is 2.17. The van der Waals surface area contributed by atoms with Gasteiger partial charge in [0.1, 0.15) is 11.6 Å². The van der Waals surface area contributed by atoms with E-state index in [1.54, 1.807) is 49.4 Å². The number of esters is 1. The number of amides is 1. The van der Waals surface area contributed by atoms with Gasteiger partial charge < -0.3 is 14.8 Å². The normalized spacial score (nSPS) is 10.7. The van der Waals surface area contributed by atoms with Crippen LogP contribution in [0.25, 0.3) is 6.08 Å². The van der Waals surface area contributed by atoms with E-state index >= 15 is 0 Å². The highest BCUT2D eigenvalue weighted by Gasteiger charge is 2.12. The molecule has 0 bridgehead atoms. The molecule has 0 saturated heterocycles. The summed E-state index contributed by atoms with van der Waals surface area (Å²) < 4.78 is 11.4. The number of nitriles is 1. The minimum atomic E-state index is -0.526. The number of ether oxygens (including phenoxy) is 2. The van der Waals surface area contributed by atoms with Crippen LogP contribution in [0.4, 0.5) is 5.69 Å². The molecular formula is C20H17BrN2O4. The van der Waals surface area contributed by atoms with Gasteiger partial charge in [-0.15, -0.1) is 0 Å². The third kappa shape index (κ3) is 5.97. The summed E-state index contributed by atoms with van der Waals surface area (Å²) in [6.07, 6.45) is 1.44. The number of halogens is 1. The van der Waals surface area contributed by atoms with Crippen LogP contribution in [0.5, 0.6) is 11.5 Å². The van der Waals surface area contributed by atoms with Crippen LogP contribution in [0.15, 0.2) is 52.5 Å².